The van der Waals surface area contributed by atoms with Crippen molar-refractivity contribution in [2.24, 2.45) is 13.0 Å². The molecule has 2 heterocycles. The quantitative estimate of drug-likeness (QED) is 0.898. The molecule has 0 aliphatic carbocycles. The van der Waals surface area contributed by atoms with Crippen LogP contribution in [0.15, 0.2) is 11.0 Å². The minimum absolute atomic E-state index is 0.0786. The zero-order valence-corrected chi connectivity index (χ0v) is 11.0. The minimum atomic E-state index is -4.21. The summed E-state index contributed by atoms with van der Waals surface area (Å²) in [5.74, 6) is -0.988. The Bertz CT molecular complexity index is 547. The third kappa shape index (κ3) is 3.43. The van der Waals surface area contributed by atoms with Gasteiger partial charge in [-0.2, -0.15) is 13.2 Å². The third-order valence-corrected chi connectivity index (χ3v) is 3.44. The summed E-state index contributed by atoms with van der Waals surface area (Å²) in [6, 6.07) is 0. The van der Waals surface area contributed by atoms with E-state index in [0.29, 0.717) is 19.4 Å². The summed E-state index contributed by atoms with van der Waals surface area (Å²) in [5.41, 5.74) is -0.303. The molecule has 5 nitrogen and oxygen atoms in total. The number of aryl methyl sites for hydroxylation is 1. The van der Waals surface area contributed by atoms with Crippen molar-refractivity contribution in [2.45, 2.75) is 25.4 Å². The van der Waals surface area contributed by atoms with E-state index < -0.39 is 30.1 Å². The van der Waals surface area contributed by atoms with Crippen LogP contribution in [-0.4, -0.2) is 39.6 Å². The van der Waals surface area contributed by atoms with Gasteiger partial charge in [0.2, 0.25) is 0 Å². The molecule has 0 aromatic carbocycles. The molecule has 1 fully saturated rings. The van der Waals surface area contributed by atoms with E-state index in [4.69, 9.17) is 0 Å². The number of nitrogens with zero attached hydrogens (tertiary/aromatic N) is 2. The van der Waals surface area contributed by atoms with Crippen LogP contribution >= 0.6 is 0 Å². The van der Waals surface area contributed by atoms with Crippen molar-refractivity contribution in [1.29, 1.82) is 0 Å². The molecular formula is C12H16F3N3O2. The molecule has 1 unspecified atom stereocenters. The number of hydrogen-bond donors (Lipinski definition) is 1. The second-order valence-corrected chi connectivity index (χ2v) is 5.16. The lowest BCUT2D eigenvalue weighted by Gasteiger charge is -2.32. The smallest absolute Gasteiger partial charge is 0.337 e. The van der Waals surface area contributed by atoms with Gasteiger partial charge in [-0.1, -0.05) is 0 Å². The van der Waals surface area contributed by atoms with Crippen LogP contribution in [0, 0.1) is 5.92 Å². The van der Waals surface area contributed by atoms with Crippen LogP contribution in [0.5, 0.6) is 0 Å². The Balaban J connectivity index is 2.05. The fourth-order valence-electron chi connectivity index (χ4n) is 2.51. The first-order chi connectivity index (χ1) is 9.26. The van der Waals surface area contributed by atoms with Gasteiger partial charge in [0.05, 0.1) is 0 Å². The average Bonchev–Trinajstić information content (AvgIpc) is 2.67. The predicted octanol–water partition coefficient (Wildman–Crippen LogP) is 1.52. The topological polar surface area (TPSA) is 58.1 Å². The minimum Gasteiger partial charge on any atom is -0.337 e. The molecule has 1 aliphatic heterocycles. The Morgan fingerprint density at radius 3 is 2.75 bits per heavy atom. The van der Waals surface area contributed by atoms with Crippen molar-refractivity contribution in [1.82, 2.24) is 14.5 Å². The Labute approximate surface area is 113 Å². The molecule has 0 bridgehead atoms. The number of carbonyl (C=O) groups excluding carboxylic acids is 1. The summed E-state index contributed by atoms with van der Waals surface area (Å²) in [5, 5.41) is 0. The Morgan fingerprint density at radius 2 is 2.20 bits per heavy atom. The molecule has 112 valence electrons. The van der Waals surface area contributed by atoms with Crippen molar-refractivity contribution < 1.29 is 18.0 Å². The second-order valence-electron chi connectivity index (χ2n) is 5.16. The number of carbonyl (C=O) groups is 1. The number of halogens is 3. The molecule has 1 saturated heterocycles. The molecule has 1 aliphatic rings. The van der Waals surface area contributed by atoms with Gasteiger partial charge in [-0.15, -0.1) is 0 Å². The van der Waals surface area contributed by atoms with Crippen LogP contribution in [0.25, 0.3) is 0 Å². The van der Waals surface area contributed by atoms with E-state index in [2.05, 4.69) is 4.98 Å². The number of nitrogens with one attached hydrogen (secondary N) is 1. The SMILES string of the molecule is Cn1cc(C(=O)N2CCCC(CC(F)(F)F)C2)[nH]c1=O. The lowest BCUT2D eigenvalue weighted by Crippen LogP contribution is -2.41. The van der Waals surface area contributed by atoms with E-state index in [-0.39, 0.29) is 12.2 Å². The zero-order chi connectivity index (χ0) is 14.9. The number of likely N-dealkylation sites (tertiary alicyclic amines) is 1. The van der Waals surface area contributed by atoms with E-state index in [1.165, 1.54) is 22.7 Å². The van der Waals surface area contributed by atoms with Gasteiger partial charge >= 0.3 is 11.9 Å². The second kappa shape index (κ2) is 5.34. The van der Waals surface area contributed by atoms with E-state index >= 15 is 0 Å². The lowest BCUT2D eigenvalue weighted by molar-refractivity contribution is -0.147. The van der Waals surface area contributed by atoms with E-state index in [0.717, 1.165) is 0 Å². The summed E-state index contributed by atoms with van der Waals surface area (Å²) in [7, 11) is 1.50. The Morgan fingerprint density at radius 1 is 1.50 bits per heavy atom. The van der Waals surface area contributed by atoms with Gasteiger partial charge in [0.1, 0.15) is 5.69 Å². The van der Waals surface area contributed by atoms with E-state index in [1.807, 2.05) is 0 Å². The normalized spacial score (nSPS) is 20.2. The summed E-state index contributed by atoms with van der Waals surface area (Å²) in [4.78, 5) is 27.2. The van der Waals surface area contributed by atoms with Crippen molar-refractivity contribution in [3.8, 4) is 0 Å². The number of piperidine rings is 1. The molecule has 1 atom stereocenters. The molecule has 20 heavy (non-hydrogen) atoms. The van der Waals surface area contributed by atoms with Crippen LogP contribution < -0.4 is 5.69 Å². The number of amides is 1. The number of hydrogen-bond acceptors (Lipinski definition) is 2. The van der Waals surface area contributed by atoms with Crippen LogP contribution in [0.2, 0.25) is 0 Å². The fourth-order valence-corrected chi connectivity index (χ4v) is 2.51. The van der Waals surface area contributed by atoms with Crippen molar-refractivity contribution >= 4 is 5.91 Å². The van der Waals surface area contributed by atoms with E-state index in [9.17, 15) is 22.8 Å². The van der Waals surface area contributed by atoms with Gasteiger partial charge in [0.25, 0.3) is 5.91 Å². The maximum absolute atomic E-state index is 12.4. The highest BCUT2D eigenvalue weighted by Crippen LogP contribution is 2.30. The molecule has 1 N–H and O–H groups in total. The number of H-pyrrole nitrogens is 1. The van der Waals surface area contributed by atoms with Gasteiger partial charge in [-0.25, -0.2) is 4.79 Å². The summed E-state index contributed by atoms with van der Waals surface area (Å²) in [6.45, 7) is 0.499. The van der Waals surface area contributed by atoms with Crippen LogP contribution in [0.4, 0.5) is 13.2 Å². The third-order valence-electron chi connectivity index (χ3n) is 3.44. The summed E-state index contributed by atoms with van der Waals surface area (Å²) >= 11 is 0. The molecule has 0 spiro atoms. The highest BCUT2D eigenvalue weighted by atomic mass is 19.4. The van der Waals surface area contributed by atoms with Gasteiger partial charge in [-0.05, 0) is 18.8 Å². The zero-order valence-electron chi connectivity index (χ0n) is 11.0. The number of aromatic nitrogens is 2. The highest BCUT2D eigenvalue weighted by molar-refractivity contribution is 5.92. The van der Waals surface area contributed by atoms with Crippen molar-refractivity contribution in [3.63, 3.8) is 0 Å². The molecule has 2 rings (SSSR count). The number of aromatic amines is 1. The van der Waals surface area contributed by atoms with Gasteiger partial charge in [0.15, 0.2) is 0 Å². The molecule has 0 radical (unpaired) electrons. The summed E-state index contributed by atoms with van der Waals surface area (Å²) in [6.07, 6.45) is -2.71. The first-order valence-corrected chi connectivity index (χ1v) is 6.38. The molecule has 8 heteroatoms. The van der Waals surface area contributed by atoms with Crippen molar-refractivity contribution in [3.05, 3.63) is 22.4 Å². The lowest BCUT2D eigenvalue weighted by atomic mass is 9.94. The number of rotatable bonds is 2. The molecule has 1 aromatic rings. The molecular weight excluding hydrogens is 275 g/mol. The highest BCUT2D eigenvalue weighted by Gasteiger charge is 2.35. The van der Waals surface area contributed by atoms with Crippen LogP contribution in [0.3, 0.4) is 0 Å². The fraction of sp³-hybridized carbons (Fsp3) is 0.667. The van der Waals surface area contributed by atoms with Crippen LogP contribution in [-0.2, 0) is 7.05 Å². The Kier molecular flexibility index (Phi) is 3.92. The van der Waals surface area contributed by atoms with Gasteiger partial charge in [0, 0.05) is 32.8 Å². The Hall–Kier alpha value is -1.73. The van der Waals surface area contributed by atoms with Gasteiger partial charge in [-0.3, -0.25) is 4.79 Å². The number of alkyl halides is 3. The predicted molar refractivity (Wildman–Crippen MR) is 65.3 cm³/mol. The average molecular weight is 291 g/mol. The van der Waals surface area contributed by atoms with Crippen LogP contribution in [0.1, 0.15) is 29.8 Å². The molecule has 1 aromatic heterocycles. The first-order valence-electron chi connectivity index (χ1n) is 6.38. The van der Waals surface area contributed by atoms with Crippen molar-refractivity contribution in [2.75, 3.05) is 13.1 Å². The monoisotopic (exact) mass is 291 g/mol. The van der Waals surface area contributed by atoms with E-state index in [1.54, 1.807) is 0 Å². The molecule has 0 saturated carbocycles. The maximum Gasteiger partial charge on any atom is 0.389 e. The number of imidazole rings is 1. The largest absolute Gasteiger partial charge is 0.389 e. The maximum atomic E-state index is 12.4. The molecule has 1 amide bonds. The standard InChI is InChI=1S/C12H16F3N3O2/c1-17-7-9(16-11(17)20)10(19)18-4-2-3-8(6-18)5-12(13,14)15/h7-8H,2-6H2,1H3,(H,16,20). The first kappa shape index (κ1) is 14.7. The van der Waals surface area contributed by atoms with Gasteiger partial charge < -0.3 is 14.5 Å². The summed E-state index contributed by atoms with van der Waals surface area (Å²) < 4.78 is 38.4.